The van der Waals surface area contributed by atoms with E-state index in [2.05, 4.69) is 30.6 Å². The zero-order valence-corrected chi connectivity index (χ0v) is 16.4. The van der Waals surface area contributed by atoms with Gasteiger partial charge in [0, 0.05) is 30.3 Å². The molecule has 0 spiro atoms. The summed E-state index contributed by atoms with van der Waals surface area (Å²) in [5, 5.41) is 20.3. The molecule has 1 atom stereocenters. The number of aromatic nitrogens is 4. The van der Waals surface area contributed by atoms with Crippen LogP contribution in [0, 0.1) is 0 Å². The minimum absolute atomic E-state index is 0.00438. The number of hydrogen-bond donors (Lipinski definition) is 3. The number of benzene rings is 1. The van der Waals surface area contributed by atoms with Crippen LogP contribution in [-0.2, 0) is 10.2 Å². The van der Waals surface area contributed by atoms with E-state index >= 15 is 0 Å². The van der Waals surface area contributed by atoms with E-state index in [1.54, 1.807) is 16.9 Å². The zero-order valence-electron chi connectivity index (χ0n) is 16.4. The van der Waals surface area contributed by atoms with Gasteiger partial charge in [-0.05, 0) is 44.4 Å². The lowest BCUT2D eigenvalue weighted by Gasteiger charge is -2.23. The zero-order chi connectivity index (χ0) is 20.2. The Bertz CT molecular complexity index is 1110. The van der Waals surface area contributed by atoms with Crippen molar-refractivity contribution in [2.75, 3.05) is 28.7 Å². The minimum atomic E-state index is -0.533. The van der Waals surface area contributed by atoms with E-state index in [1.165, 1.54) is 0 Å². The van der Waals surface area contributed by atoms with Crippen LogP contribution < -0.4 is 15.5 Å². The van der Waals surface area contributed by atoms with E-state index in [0.717, 1.165) is 42.1 Å². The second-order valence-corrected chi connectivity index (χ2v) is 8.09. The number of amides is 1. The van der Waals surface area contributed by atoms with Gasteiger partial charge in [0.15, 0.2) is 11.5 Å². The van der Waals surface area contributed by atoms with Crippen LogP contribution in [0.25, 0.3) is 5.65 Å². The van der Waals surface area contributed by atoms with Crippen LogP contribution in [0.4, 0.5) is 23.1 Å². The first-order valence-corrected chi connectivity index (χ1v) is 9.79. The molecule has 0 radical (unpaired) electrons. The second-order valence-electron chi connectivity index (χ2n) is 8.09. The fraction of sp³-hybridized carbons (Fsp3) is 0.400. The number of rotatable bonds is 4. The van der Waals surface area contributed by atoms with Crippen molar-refractivity contribution in [3.8, 4) is 0 Å². The van der Waals surface area contributed by atoms with Gasteiger partial charge in [-0.2, -0.15) is 4.98 Å². The van der Waals surface area contributed by atoms with Crippen molar-refractivity contribution in [1.82, 2.24) is 19.6 Å². The largest absolute Gasteiger partial charge is 0.394 e. The van der Waals surface area contributed by atoms with Crippen molar-refractivity contribution in [3.63, 3.8) is 0 Å². The quantitative estimate of drug-likeness (QED) is 0.623. The lowest BCUT2D eigenvalue weighted by molar-refractivity contribution is -0.119. The molecule has 29 heavy (non-hydrogen) atoms. The molecule has 0 bridgehead atoms. The van der Waals surface area contributed by atoms with Gasteiger partial charge >= 0.3 is 0 Å². The standard InChI is InChI=1S/C20H23N7O2/c1-20(2)14-6-5-12(10-15(14)23-18(20)29)22-19-24-17-16(21-7-9-27(17)25-19)26-8-3-4-13(26)11-28/h5-7,9-10,13,28H,3-4,8,11H2,1-2H3,(H,22,25)(H,23,29)/t13-/m0/s1. The van der Waals surface area contributed by atoms with E-state index in [0.29, 0.717) is 11.6 Å². The molecule has 1 aromatic carbocycles. The lowest BCUT2D eigenvalue weighted by atomic mass is 9.86. The van der Waals surface area contributed by atoms with E-state index in [9.17, 15) is 9.90 Å². The van der Waals surface area contributed by atoms with Gasteiger partial charge < -0.3 is 20.6 Å². The fourth-order valence-corrected chi connectivity index (χ4v) is 4.16. The van der Waals surface area contributed by atoms with Crippen LogP contribution in [0.1, 0.15) is 32.3 Å². The van der Waals surface area contributed by atoms with Crippen molar-refractivity contribution in [2.24, 2.45) is 0 Å². The molecule has 1 amide bonds. The molecule has 1 saturated heterocycles. The molecule has 9 nitrogen and oxygen atoms in total. The SMILES string of the molecule is CC1(C)C(=O)Nc2cc(Nc3nc4c(N5CCC[C@H]5CO)nccn4n3)ccc21. The van der Waals surface area contributed by atoms with Gasteiger partial charge in [0.25, 0.3) is 0 Å². The summed E-state index contributed by atoms with van der Waals surface area (Å²) < 4.78 is 1.69. The molecule has 0 unspecified atom stereocenters. The lowest BCUT2D eigenvalue weighted by Crippen LogP contribution is -2.33. The summed E-state index contributed by atoms with van der Waals surface area (Å²) in [4.78, 5) is 23.4. The Labute approximate surface area is 167 Å². The number of hydrogen-bond acceptors (Lipinski definition) is 7. The minimum Gasteiger partial charge on any atom is -0.394 e. The van der Waals surface area contributed by atoms with Crippen molar-refractivity contribution < 1.29 is 9.90 Å². The van der Waals surface area contributed by atoms with Gasteiger partial charge in [0.05, 0.1) is 18.1 Å². The predicted molar refractivity (Wildman–Crippen MR) is 110 cm³/mol. The molecule has 5 rings (SSSR count). The highest BCUT2D eigenvalue weighted by atomic mass is 16.3. The first-order chi connectivity index (χ1) is 14.0. The third-order valence-electron chi connectivity index (χ3n) is 5.86. The Balaban J connectivity index is 1.46. The van der Waals surface area contributed by atoms with Gasteiger partial charge in [-0.3, -0.25) is 4.79 Å². The van der Waals surface area contributed by atoms with Crippen LogP contribution in [0.5, 0.6) is 0 Å². The molecule has 9 heteroatoms. The molecule has 1 fully saturated rings. The number of aliphatic hydroxyl groups excluding tert-OH is 1. The van der Waals surface area contributed by atoms with E-state index in [-0.39, 0.29) is 18.6 Å². The molecule has 4 heterocycles. The van der Waals surface area contributed by atoms with Gasteiger partial charge in [-0.1, -0.05) is 6.07 Å². The molecular weight excluding hydrogens is 370 g/mol. The summed E-state index contributed by atoms with van der Waals surface area (Å²) in [6, 6.07) is 5.84. The molecule has 3 aromatic rings. The van der Waals surface area contributed by atoms with Gasteiger partial charge in [-0.25, -0.2) is 9.50 Å². The maximum Gasteiger partial charge on any atom is 0.247 e. The summed E-state index contributed by atoms with van der Waals surface area (Å²) in [6.45, 7) is 4.77. The summed E-state index contributed by atoms with van der Waals surface area (Å²) >= 11 is 0. The number of fused-ring (bicyclic) bond motifs is 2. The van der Waals surface area contributed by atoms with Crippen LogP contribution >= 0.6 is 0 Å². The maximum atomic E-state index is 12.2. The van der Waals surface area contributed by atoms with Crippen molar-refractivity contribution in [1.29, 1.82) is 0 Å². The van der Waals surface area contributed by atoms with Crippen LogP contribution in [0.2, 0.25) is 0 Å². The van der Waals surface area contributed by atoms with Crippen molar-refractivity contribution in [2.45, 2.75) is 38.1 Å². The summed E-state index contributed by atoms with van der Waals surface area (Å²) in [6.07, 6.45) is 5.41. The molecule has 2 aliphatic rings. The van der Waals surface area contributed by atoms with Crippen molar-refractivity contribution in [3.05, 3.63) is 36.2 Å². The van der Waals surface area contributed by atoms with Crippen molar-refractivity contribution >= 4 is 34.7 Å². The van der Waals surface area contributed by atoms with Crippen LogP contribution in [0.15, 0.2) is 30.6 Å². The first-order valence-electron chi connectivity index (χ1n) is 9.79. The highest BCUT2D eigenvalue weighted by Gasteiger charge is 2.38. The number of nitrogens with zero attached hydrogens (tertiary/aromatic N) is 5. The number of nitrogens with one attached hydrogen (secondary N) is 2. The number of aliphatic hydroxyl groups is 1. The Morgan fingerprint density at radius 2 is 2.24 bits per heavy atom. The molecule has 3 N–H and O–H groups in total. The summed E-state index contributed by atoms with van der Waals surface area (Å²) in [7, 11) is 0. The Morgan fingerprint density at radius 3 is 3.07 bits per heavy atom. The third kappa shape index (κ3) is 2.80. The molecule has 150 valence electrons. The maximum absolute atomic E-state index is 12.2. The van der Waals surface area contributed by atoms with Gasteiger partial charge in [0.2, 0.25) is 11.9 Å². The molecule has 2 aliphatic heterocycles. The number of carbonyl (C=O) groups excluding carboxylic acids is 1. The van der Waals surface area contributed by atoms with Gasteiger partial charge in [0.1, 0.15) is 0 Å². The number of anilines is 4. The smallest absolute Gasteiger partial charge is 0.247 e. The monoisotopic (exact) mass is 393 g/mol. The summed E-state index contributed by atoms with van der Waals surface area (Å²) in [5.41, 5.74) is 2.69. The highest BCUT2D eigenvalue weighted by molar-refractivity contribution is 6.06. The molecule has 0 aliphatic carbocycles. The summed E-state index contributed by atoms with van der Waals surface area (Å²) in [5.74, 6) is 1.17. The van der Waals surface area contributed by atoms with E-state index in [1.807, 2.05) is 32.0 Å². The predicted octanol–water partition coefficient (Wildman–Crippen LogP) is 2.06. The Morgan fingerprint density at radius 1 is 1.38 bits per heavy atom. The topological polar surface area (TPSA) is 108 Å². The third-order valence-corrected chi connectivity index (χ3v) is 5.86. The van der Waals surface area contributed by atoms with E-state index in [4.69, 9.17) is 0 Å². The average molecular weight is 393 g/mol. The molecule has 2 aromatic heterocycles. The normalized spacial score (nSPS) is 20.2. The molecular formula is C20H23N7O2. The Kier molecular flexibility index (Phi) is 3.95. The highest BCUT2D eigenvalue weighted by Crippen LogP contribution is 2.39. The van der Waals surface area contributed by atoms with Crippen LogP contribution in [-0.4, -0.2) is 49.8 Å². The van der Waals surface area contributed by atoms with Crippen LogP contribution in [0.3, 0.4) is 0 Å². The average Bonchev–Trinajstić information content (AvgIpc) is 3.38. The second kappa shape index (κ2) is 6.41. The van der Waals surface area contributed by atoms with Gasteiger partial charge in [-0.15, -0.1) is 5.10 Å². The fourth-order valence-electron chi connectivity index (χ4n) is 4.16. The first kappa shape index (κ1) is 17.9. The molecule has 0 saturated carbocycles. The Hall–Kier alpha value is -3.20. The van der Waals surface area contributed by atoms with E-state index < -0.39 is 5.41 Å². The number of carbonyl (C=O) groups is 1.